The molecule has 0 spiro atoms. The second-order valence-electron chi connectivity index (χ2n) is 3.44. The van der Waals surface area contributed by atoms with Gasteiger partial charge in [0.1, 0.15) is 0 Å². The van der Waals surface area contributed by atoms with Crippen LogP contribution in [0, 0.1) is 0 Å². The van der Waals surface area contributed by atoms with Crippen molar-refractivity contribution < 1.29 is 14.6 Å². The number of aliphatic hydroxyl groups is 1. The third-order valence-corrected chi connectivity index (χ3v) is 2.32. The topological polar surface area (TPSA) is 38.7 Å². The third-order valence-electron chi connectivity index (χ3n) is 1.94. The van der Waals surface area contributed by atoms with Crippen LogP contribution in [0.15, 0.2) is 11.1 Å². The number of halogens is 1. The van der Waals surface area contributed by atoms with Crippen molar-refractivity contribution in [3.8, 4) is 0 Å². The molecule has 1 fully saturated rings. The van der Waals surface area contributed by atoms with Crippen LogP contribution in [0.5, 0.6) is 0 Å². The average molecular weight is 251 g/mol. The van der Waals surface area contributed by atoms with E-state index in [9.17, 15) is 5.11 Å². The van der Waals surface area contributed by atoms with Gasteiger partial charge in [-0.3, -0.25) is 0 Å². The molecule has 1 aliphatic rings. The molecule has 0 aromatic heterocycles. The lowest BCUT2D eigenvalue weighted by molar-refractivity contribution is -0.0953. The molecule has 1 aliphatic heterocycles. The summed E-state index contributed by atoms with van der Waals surface area (Å²) in [6.07, 6.45) is 2.75. The predicted molar refractivity (Wildman–Crippen MR) is 53.6 cm³/mol. The minimum Gasteiger partial charge on any atom is -0.390 e. The summed E-state index contributed by atoms with van der Waals surface area (Å²) in [5.74, 6) is 0. The van der Waals surface area contributed by atoms with Gasteiger partial charge in [0.05, 0.1) is 18.8 Å². The van der Waals surface area contributed by atoms with Crippen LogP contribution in [0.25, 0.3) is 0 Å². The predicted octanol–water partition coefficient (Wildman–Crippen LogP) is 1.80. The lowest BCUT2D eigenvalue weighted by Gasteiger charge is -2.24. The smallest absolute Gasteiger partial charge is 0.160 e. The van der Waals surface area contributed by atoms with Gasteiger partial charge in [0, 0.05) is 6.42 Å². The maximum atomic E-state index is 9.87. The Morgan fingerprint density at radius 3 is 2.69 bits per heavy atom. The molecular weight excluding hydrogens is 236 g/mol. The van der Waals surface area contributed by atoms with Gasteiger partial charge in [0.2, 0.25) is 0 Å². The quantitative estimate of drug-likeness (QED) is 0.828. The molecule has 3 nitrogen and oxygen atoms in total. The highest BCUT2D eigenvalue weighted by atomic mass is 79.9. The molecule has 4 heteroatoms. The summed E-state index contributed by atoms with van der Waals surface area (Å²) in [6, 6.07) is 0. The van der Waals surface area contributed by atoms with Crippen LogP contribution in [0.4, 0.5) is 0 Å². The Hall–Kier alpha value is 0.1000. The fourth-order valence-electron chi connectivity index (χ4n) is 1.27. The first kappa shape index (κ1) is 11.2. The summed E-state index contributed by atoms with van der Waals surface area (Å²) < 4.78 is 10.5. The largest absolute Gasteiger partial charge is 0.390 e. The maximum Gasteiger partial charge on any atom is 0.160 e. The summed E-state index contributed by atoms with van der Waals surface area (Å²) in [6.45, 7) is 3.05. The van der Waals surface area contributed by atoms with Crippen LogP contribution >= 0.6 is 15.9 Å². The van der Waals surface area contributed by atoms with E-state index in [1.165, 1.54) is 0 Å². The first-order valence-electron chi connectivity index (χ1n) is 4.35. The van der Waals surface area contributed by atoms with Crippen molar-refractivity contribution in [2.45, 2.75) is 31.7 Å². The molecule has 0 bridgehead atoms. The Morgan fingerprint density at radius 2 is 2.15 bits per heavy atom. The molecule has 0 aromatic rings. The van der Waals surface area contributed by atoms with E-state index in [-0.39, 0.29) is 6.29 Å². The molecule has 1 atom stereocenters. The first-order chi connectivity index (χ1) is 6.14. The molecule has 1 unspecified atom stereocenters. The number of rotatable bonds is 4. The van der Waals surface area contributed by atoms with Gasteiger partial charge < -0.3 is 14.6 Å². The highest BCUT2D eigenvalue weighted by Crippen LogP contribution is 2.21. The summed E-state index contributed by atoms with van der Waals surface area (Å²) in [5.41, 5.74) is -0.751. The van der Waals surface area contributed by atoms with Gasteiger partial charge in [0.25, 0.3) is 0 Å². The fourth-order valence-corrected chi connectivity index (χ4v) is 1.45. The Morgan fingerprint density at radius 1 is 1.54 bits per heavy atom. The summed E-state index contributed by atoms with van der Waals surface area (Å²) in [5, 5.41) is 9.87. The molecule has 0 aromatic carbocycles. The molecule has 1 N–H and O–H groups in total. The van der Waals surface area contributed by atoms with Crippen molar-refractivity contribution in [1.82, 2.24) is 0 Å². The second kappa shape index (κ2) is 5.10. The van der Waals surface area contributed by atoms with Crippen LogP contribution in [0.1, 0.15) is 19.8 Å². The normalized spacial score (nSPS) is 23.9. The van der Waals surface area contributed by atoms with Gasteiger partial charge in [0.15, 0.2) is 6.29 Å². The number of ether oxygens (including phenoxy) is 2. The molecule has 13 heavy (non-hydrogen) atoms. The van der Waals surface area contributed by atoms with Crippen molar-refractivity contribution >= 4 is 15.9 Å². The van der Waals surface area contributed by atoms with Crippen molar-refractivity contribution in [3.05, 3.63) is 11.1 Å². The van der Waals surface area contributed by atoms with E-state index in [0.29, 0.717) is 26.1 Å². The van der Waals surface area contributed by atoms with Crippen molar-refractivity contribution in [2.75, 3.05) is 13.2 Å². The van der Waals surface area contributed by atoms with E-state index in [1.807, 2.05) is 6.08 Å². The Balaban J connectivity index is 2.31. The Labute approximate surface area is 86.9 Å². The van der Waals surface area contributed by atoms with Gasteiger partial charge in [-0.15, -0.1) is 0 Å². The van der Waals surface area contributed by atoms with Crippen LogP contribution < -0.4 is 0 Å². The van der Waals surface area contributed by atoms with Crippen molar-refractivity contribution in [2.24, 2.45) is 0 Å². The van der Waals surface area contributed by atoms with Crippen LogP contribution in [0.3, 0.4) is 0 Å². The highest BCUT2D eigenvalue weighted by Gasteiger charge is 2.27. The van der Waals surface area contributed by atoms with Crippen LogP contribution in [0.2, 0.25) is 0 Å². The van der Waals surface area contributed by atoms with Gasteiger partial charge in [-0.2, -0.15) is 0 Å². The van der Waals surface area contributed by atoms with Crippen molar-refractivity contribution in [1.29, 1.82) is 0 Å². The van der Waals surface area contributed by atoms with E-state index in [0.717, 1.165) is 0 Å². The molecule has 0 saturated carbocycles. The molecule has 1 heterocycles. The minimum atomic E-state index is -0.751. The molecule has 1 saturated heterocycles. The molecule has 76 valence electrons. The third kappa shape index (κ3) is 4.22. The zero-order valence-corrected chi connectivity index (χ0v) is 9.29. The Bertz CT molecular complexity index is 174. The van der Waals surface area contributed by atoms with Crippen LogP contribution in [-0.4, -0.2) is 30.2 Å². The molecular formula is C9H15BrO3. The number of hydrogen-bond donors (Lipinski definition) is 1. The fraction of sp³-hybridized carbons (Fsp3) is 0.778. The zero-order chi connectivity index (χ0) is 9.73. The van der Waals surface area contributed by atoms with Gasteiger partial charge in [-0.25, -0.2) is 0 Å². The van der Waals surface area contributed by atoms with Crippen LogP contribution in [-0.2, 0) is 9.47 Å². The average Bonchev–Trinajstić information content (AvgIpc) is 2.52. The van der Waals surface area contributed by atoms with Gasteiger partial charge >= 0.3 is 0 Å². The van der Waals surface area contributed by atoms with Crippen molar-refractivity contribution in [3.63, 3.8) is 0 Å². The van der Waals surface area contributed by atoms with E-state index in [2.05, 4.69) is 15.9 Å². The summed E-state index contributed by atoms with van der Waals surface area (Å²) >= 11 is 3.16. The van der Waals surface area contributed by atoms with E-state index >= 15 is 0 Å². The Kier molecular flexibility index (Phi) is 4.38. The molecule has 0 aliphatic carbocycles. The standard InChI is InChI=1S/C9H15BrO3/c1-9(11,3-2-4-10)7-8-12-5-6-13-8/h2,4,8,11H,3,5-7H2,1H3. The molecule has 0 radical (unpaired) electrons. The van der Waals surface area contributed by atoms with E-state index < -0.39 is 5.60 Å². The summed E-state index contributed by atoms with van der Waals surface area (Å²) in [7, 11) is 0. The first-order valence-corrected chi connectivity index (χ1v) is 5.26. The SMILES string of the molecule is CC(O)(CC=CBr)CC1OCCO1. The maximum absolute atomic E-state index is 9.87. The molecule has 1 rings (SSSR count). The zero-order valence-electron chi connectivity index (χ0n) is 7.70. The number of hydrogen-bond acceptors (Lipinski definition) is 3. The molecule has 0 amide bonds. The highest BCUT2D eigenvalue weighted by molar-refractivity contribution is 9.11. The monoisotopic (exact) mass is 250 g/mol. The van der Waals surface area contributed by atoms with Gasteiger partial charge in [-0.1, -0.05) is 22.0 Å². The second-order valence-corrected chi connectivity index (χ2v) is 3.97. The minimum absolute atomic E-state index is 0.237. The van der Waals surface area contributed by atoms with E-state index in [1.54, 1.807) is 11.9 Å². The summed E-state index contributed by atoms with van der Waals surface area (Å²) in [4.78, 5) is 1.75. The lowest BCUT2D eigenvalue weighted by atomic mass is 9.98. The van der Waals surface area contributed by atoms with Gasteiger partial charge in [-0.05, 0) is 18.3 Å². The van der Waals surface area contributed by atoms with E-state index in [4.69, 9.17) is 9.47 Å². The lowest BCUT2D eigenvalue weighted by Crippen LogP contribution is -2.29.